The van der Waals surface area contributed by atoms with E-state index >= 15 is 0 Å². The van der Waals surface area contributed by atoms with Gasteiger partial charge in [0.05, 0.1) is 0 Å². The van der Waals surface area contributed by atoms with Gasteiger partial charge < -0.3 is 4.74 Å². The van der Waals surface area contributed by atoms with Crippen LogP contribution in [0.2, 0.25) is 5.02 Å². The maximum Gasteiger partial charge on any atom is 0.333 e. The summed E-state index contributed by atoms with van der Waals surface area (Å²) in [5.41, 5.74) is 1.65. The normalized spacial score (nSPS) is 11.9. The van der Waals surface area contributed by atoms with Crippen LogP contribution in [0.4, 0.5) is 0 Å². The van der Waals surface area contributed by atoms with Crippen molar-refractivity contribution >= 4 is 29.3 Å². The van der Waals surface area contributed by atoms with E-state index in [4.69, 9.17) is 16.3 Å². The molecule has 2 nitrogen and oxygen atoms in total. The average molecular weight is 285 g/mol. The molecule has 1 atom stereocenters. The molecule has 0 saturated carbocycles. The van der Waals surface area contributed by atoms with E-state index in [0.717, 1.165) is 16.5 Å². The van der Waals surface area contributed by atoms with Crippen LogP contribution in [-0.4, -0.2) is 17.8 Å². The molecule has 1 unspecified atom stereocenters. The second kappa shape index (κ2) is 7.49. The minimum atomic E-state index is -0.324. The third-order valence-electron chi connectivity index (χ3n) is 2.19. The van der Waals surface area contributed by atoms with Crippen LogP contribution in [0.15, 0.2) is 36.4 Å². The zero-order chi connectivity index (χ0) is 13.5. The second-order valence-electron chi connectivity index (χ2n) is 4.14. The number of rotatable bonds is 6. The first kappa shape index (κ1) is 15.1. The summed E-state index contributed by atoms with van der Waals surface area (Å²) in [5.74, 6) is 1.32. The van der Waals surface area contributed by atoms with E-state index in [-0.39, 0.29) is 12.1 Å². The van der Waals surface area contributed by atoms with Crippen LogP contribution in [0.3, 0.4) is 0 Å². The topological polar surface area (TPSA) is 26.3 Å². The zero-order valence-electron chi connectivity index (χ0n) is 10.6. The fraction of sp³-hybridized carbons (Fsp3) is 0.357. The lowest BCUT2D eigenvalue weighted by Gasteiger charge is -2.12. The summed E-state index contributed by atoms with van der Waals surface area (Å²) >= 11 is 7.53. The molecule has 1 aromatic rings. The predicted octanol–water partition coefficient (Wildman–Crippen LogP) is 4.08. The summed E-state index contributed by atoms with van der Waals surface area (Å²) < 4.78 is 5.19. The number of benzene rings is 1. The molecule has 0 aliphatic carbocycles. The Kier molecular flexibility index (Phi) is 6.30. The van der Waals surface area contributed by atoms with Gasteiger partial charge >= 0.3 is 5.97 Å². The Labute approximate surface area is 117 Å². The summed E-state index contributed by atoms with van der Waals surface area (Å²) in [4.78, 5) is 11.3. The Morgan fingerprint density at radius 2 is 2.06 bits per heavy atom. The van der Waals surface area contributed by atoms with Gasteiger partial charge in [0, 0.05) is 22.1 Å². The van der Waals surface area contributed by atoms with Gasteiger partial charge in [0.15, 0.2) is 0 Å². The Bertz CT molecular complexity index is 414. The molecule has 98 valence electrons. The van der Waals surface area contributed by atoms with Gasteiger partial charge in [-0.05, 0) is 31.5 Å². The highest BCUT2D eigenvalue weighted by Crippen LogP contribution is 2.17. The van der Waals surface area contributed by atoms with Gasteiger partial charge in [-0.25, -0.2) is 4.79 Å². The van der Waals surface area contributed by atoms with Crippen molar-refractivity contribution in [1.29, 1.82) is 0 Å². The maximum absolute atomic E-state index is 11.3. The van der Waals surface area contributed by atoms with Gasteiger partial charge in [-0.3, -0.25) is 0 Å². The van der Waals surface area contributed by atoms with Gasteiger partial charge in [0.1, 0.15) is 6.10 Å². The molecule has 0 radical (unpaired) electrons. The van der Waals surface area contributed by atoms with E-state index in [1.165, 1.54) is 5.56 Å². The standard InChI is InChI=1S/C14H17ClO2S/c1-10(2)14(16)17-11(3)8-18-9-12-4-6-13(15)7-5-12/h4-7,11H,1,8-9H2,2-3H3. The van der Waals surface area contributed by atoms with Crippen molar-refractivity contribution in [3.8, 4) is 0 Å². The quantitative estimate of drug-likeness (QED) is 0.581. The van der Waals surface area contributed by atoms with Crippen LogP contribution in [0.25, 0.3) is 0 Å². The molecule has 0 aliphatic heterocycles. The Hall–Kier alpha value is -0.930. The minimum Gasteiger partial charge on any atom is -0.458 e. The number of carbonyl (C=O) groups excluding carboxylic acids is 1. The molecule has 1 rings (SSSR count). The molecule has 0 heterocycles. The number of carbonyl (C=O) groups is 1. The van der Waals surface area contributed by atoms with Crippen LogP contribution >= 0.6 is 23.4 Å². The van der Waals surface area contributed by atoms with E-state index < -0.39 is 0 Å². The number of hydrogen-bond donors (Lipinski definition) is 0. The number of hydrogen-bond acceptors (Lipinski definition) is 3. The predicted molar refractivity (Wildman–Crippen MR) is 78.0 cm³/mol. The van der Waals surface area contributed by atoms with E-state index in [1.54, 1.807) is 18.7 Å². The summed E-state index contributed by atoms with van der Waals surface area (Å²) in [5, 5.41) is 0.743. The van der Waals surface area contributed by atoms with E-state index in [9.17, 15) is 4.79 Å². The Balaban J connectivity index is 2.27. The molecular formula is C14H17ClO2S. The maximum atomic E-state index is 11.3. The molecule has 0 N–H and O–H groups in total. The van der Waals surface area contributed by atoms with Gasteiger partial charge in [-0.2, -0.15) is 11.8 Å². The first-order valence-corrected chi connectivity index (χ1v) is 7.21. The molecule has 0 spiro atoms. The van der Waals surface area contributed by atoms with Gasteiger partial charge in [0.25, 0.3) is 0 Å². The number of ether oxygens (including phenoxy) is 1. The highest BCUT2D eigenvalue weighted by atomic mass is 35.5. The summed E-state index contributed by atoms with van der Waals surface area (Å²) in [7, 11) is 0. The average Bonchev–Trinajstić information content (AvgIpc) is 2.31. The van der Waals surface area contributed by atoms with Gasteiger partial charge in [0.2, 0.25) is 0 Å². The fourth-order valence-electron chi connectivity index (χ4n) is 1.24. The first-order valence-electron chi connectivity index (χ1n) is 5.67. The minimum absolute atomic E-state index is 0.105. The number of esters is 1. The molecule has 0 bridgehead atoms. The highest BCUT2D eigenvalue weighted by molar-refractivity contribution is 7.98. The lowest BCUT2D eigenvalue weighted by Crippen LogP contribution is -2.17. The first-order chi connectivity index (χ1) is 8.49. The molecule has 1 aromatic carbocycles. The monoisotopic (exact) mass is 284 g/mol. The van der Waals surface area contributed by atoms with Crippen LogP contribution in [0.1, 0.15) is 19.4 Å². The molecule has 0 fully saturated rings. The molecule has 4 heteroatoms. The number of thioether (sulfide) groups is 1. The molecule has 0 aliphatic rings. The van der Waals surface area contributed by atoms with Crippen molar-refractivity contribution in [2.45, 2.75) is 25.7 Å². The van der Waals surface area contributed by atoms with Crippen molar-refractivity contribution in [2.75, 3.05) is 5.75 Å². The summed E-state index contributed by atoms with van der Waals surface area (Å²) in [6, 6.07) is 7.75. The lowest BCUT2D eigenvalue weighted by atomic mass is 10.2. The Morgan fingerprint density at radius 1 is 1.44 bits per heavy atom. The van der Waals surface area contributed by atoms with Gasteiger partial charge in [-0.15, -0.1) is 0 Å². The Morgan fingerprint density at radius 3 is 2.61 bits per heavy atom. The smallest absolute Gasteiger partial charge is 0.333 e. The fourth-order valence-corrected chi connectivity index (χ4v) is 2.31. The van der Waals surface area contributed by atoms with Crippen LogP contribution < -0.4 is 0 Å². The summed E-state index contributed by atoms with van der Waals surface area (Å²) in [6.45, 7) is 7.08. The van der Waals surface area contributed by atoms with E-state index in [0.29, 0.717) is 5.57 Å². The van der Waals surface area contributed by atoms with Gasteiger partial charge in [-0.1, -0.05) is 30.3 Å². The van der Waals surface area contributed by atoms with Crippen molar-refractivity contribution in [1.82, 2.24) is 0 Å². The zero-order valence-corrected chi connectivity index (χ0v) is 12.2. The molecule has 0 amide bonds. The van der Waals surface area contributed by atoms with Crippen molar-refractivity contribution in [2.24, 2.45) is 0 Å². The largest absolute Gasteiger partial charge is 0.458 e. The molecular weight excluding hydrogens is 268 g/mol. The molecule has 0 saturated heterocycles. The third-order valence-corrected chi connectivity index (χ3v) is 3.69. The van der Waals surface area contributed by atoms with E-state index in [2.05, 4.69) is 6.58 Å². The van der Waals surface area contributed by atoms with E-state index in [1.807, 2.05) is 31.2 Å². The molecule has 0 aromatic heterocycles. The lowest BCUT2D eigenvalue weighted by molar-refractivity contribution is -0.142. The summed E-state index contributed by atoms with van der Waals surface area (Å²) in [6.07, 6.45) is -0.105. The third kappa shape index (κ3) is 5.61. The van der Waals surface area contributed by atoms with Crippen molar-refractivity contribution < 1.29 is 9.53 Å². The number of halogens is 1. The van der Waals surface area contributed by atoms with Crippen LogP contribution in [-0.2, 0) is 15.3 Å². The van der Waals surface area contributed by atoms with Crippen LogP contribution in [0.5, 0.6) is 0 Å². The molecule has 18 heavy (non-hydrogen) atoms. The second-order valence-corrected chi connectivity index (χ2v) is 5.60. The van der Waals surface area contributed by atoms with Crippen molar-refractivity contribution in [3.63, 3.8) is 0 Å². The van der Waals surface area contributed by atoms with Crippen LogP contribution in [0, 0.1) is 0 Å². The SMILES string of the molecule is C=C(C)C(=O)OC(C)CSCc1ccc(Cl)cc1. The highest BCUT2D eigenvalue weighted by Gasteiger charge is 2.09. The van der Waals surface area contributed by atoms with Crippen molar-refractivity contribution in [3.05, 3.63) is 47.0 Å².